The van der Waals surface area contributed by atoms with Gasteiger partial charge in [-0.05, 0) is 31.0 Å². The van der Waals surface area contributed by atoms with E-state index in [1.807, 2.05) is 0 Å². The summed E-state index contributed by atoms with van der Waals surface area (Å²) in [7, 11) is 0. The lowest BCUT2D eigenvalue weighted by Crippen LogP contribution is -2.47. The van der Waals surface area contributed by atoms with Crippen molar-refractivity contribution in [2.24, 2.45) is 0 Å². The molecule has 0 radical (unpaired) electrons. The number of H-pyrrole nitrogens is 1. The van der Waals surface area contributed by atoms with E-state index in [1.165, 1.54) is 5.69 Å². The highest BCUT2D eigenvalue weighted by molar-refractivity contribution is 6.07. The summed E-state index contributed by atoms with van der Waals surface area (Å²) in [6, 6.07) is 6.42. The number of unbranched alkanes of at least 4 members (excludes halogenated alkanes) is 1. The molecule has 18 heteroatoms. The van der Waals surface area contributed by atoms with Crippen LogP contribution in [0, 0.1) is 0 Å². The van der Waals surface area contributed by atoms with Crippen molar-refractivity contribution in [3.05, 3.63) is 24.0 Å². The summed E-state index contributed by atoms with van der Waals surface area (Å²) in [5.74, 6) is 1.48. The first-order valence-electron chi connectivity index (χ1n) is 23.2. The predicted octanol–water partition coefficient (Wildman–Crippen LogP) is 3.77. The lowest BCUT2D eigenvalue weighted by Gasteiger charge is -2.36. The number of aryl methyl sites for hydroxylation is 1. The van der Waals surface area contributed by atoms with E-state index in [0.717, 1.165) is 92.8 Å². The van der Waals surface area contributed by atoms with E-state index >= 15 is 0 Å². The van der Waals surface area contributed by atoms with Crippen LogP contribution in [0.2, 0.25) is 0 Å². The molecule has 360 valence electrons. The number of rotatable bonds is 42. The van der Waals surface area contributed by atoms with Crippen molar-refractivity contribution in [3.8, 4) is 0 Å². The molecule has 0 spiro atoms. The zero-order valence-corrected chi connectivity index (χ0v) is 38.3. The highest BCUT2D eigenvalue weighted by atomic mass is 16.6. The molecular weight excluding hydrogens is 817 g/mol. The van der Waals surface area contributed by atoms with Gasteiger partial charge in [-0.15, -0.1) is 0 Å². The molecule has 0 amide bonds. The standard InChI is InChI=1S/C45H78N6O12/c1-3-5-6-42-48-43-40-38-39(7-8-41(40)47-45(46)44(43)49-42)51-11-9-50(10-12-51)13-15-53-17-19-55-21-23-57-25-27-59-29-31-61-33-35-63-37-36-62-34-32-60-30-28-58-26-24-56-22-20-54-18-16-52-14-4-2/h7-8,38H,3-6,9-37H2,1-2H3,(H2,46,47)(H,48,49). The number of aromatic nitrogens is 3. The molecule has 2 aromatic heterocycles. The Bertz CT molecular complexity index is 1550. The van der Waals surface area contributed by atoms with Crippen molar-refractivity contribution in [3.63, 3.8) is 0 Å². The van der Waals surface area contributed by atoms with Crippen molar-refractivity contribution < 1.29 is 56.8 Å². The number of anilines is 2. The Morgan fingerprint density at radius 3 is 1.33 bits per heavy atom. The van der Waals surface area contributed by atoms with Crippen LogP contribution in [0.3, 0.4) is 0 Å². The van der Waals surface area contributed by atoms with E-state index < -0.39 is 0 Å². The summed E-state index contributed by atoms with van der Waals surface area (Å²) in [5.41, 5.74) is 10.1. The summed E-state index contributed by atoms with van der Waals surface area (Å²) in [4.78, 5) is 17.8. The molecule has 0 unspecified atom stereocenters. The van der Waals surface area contributed by atoms with Crippen molar-refractivity contribution in [1.82, 2.24) is 19.9 Å². The van der Waals surface area contributed by atoms with Gasteiger partial charge in [0.15, 0.2) is 0 Å². The van der Waals surface area contributed by atoms with Gasteiger partial charge in [0.1, 0.15) is 22.7 Å². The minimum absolute atomic E-state index is 0.504. The number of hydrogen-bond acceptors (Lipinski definition) is 17. The third-order valence-electron chi connectivity index (χ3n) is 9.98. The number of piperazine rings is 1. The Morgan fingerprint density at radius 1 is 0.508 bits per heavy atom. The second kappa shape index (κ2) is 35.4. The quantitative estimate of drug-likeness (QED) is 0.0783. The van der Waals surface area contributed by atoms with Crippen molar-refractivity contribution >= 4 is 33.4 Å². The minimum Gasteiger partial charge on any atom is -0.382 e. The third-order valence-corrected chi connectivity index (χ3v) is 9.98. The number of nitrogens with one attached hydrogen (secondary N) is 1. The molecule has 3 aromatic rings. The molecule has 18 nitrogen and oxygen atoms in total. The summed E-state index contributed by atoms with van der Waals surface area (Å²) in [5, 5.41) is 1.04. The van der Waals surface area contributed by atoms with Gasteiger partial charge in [0, 0.05) is 56.8 Å². The van der Waals surface area contributed by atoms with E-state index in [0.29, 0.717) is 158 Å². The first kappa shape index (κ1) is 52.8. The lowest BCUT2D eigenvalue weighted by atomic mass is 10.1. The minimum atomic E-state index is 0.504. The number of imidazole rings is 1. The van der Waals surface area contributed by atoms with E-state index in [1.54, 1.807) is 0 Å². The highest BCUT2D eigenvalue weighted by Crippen LogP contribution is 2.30. The second-order valence-corrected chi connectivity index (χ2v) is 14.9. The molecule has 1 aromatic carbocycles. The molecule has 0 atom stereocenters. The van der Waals surface area contributed by atoms with Gasteiger partial charge in [-0.3, -0.25) is 4.90 Å². The summed E-state index contributed by atoms with van der Waals surface area (Å²) >= 11 is 0. The largest absolute Gasteiger partial charge is 0.382 e. The first-order chi connectivity index (χ1) is 31.2. The van der Waals surface area contributed by atoms with Crippen LogP contribution in [0.25, 0.3) is 21.9 Å². The van der Waals surface area contributed by atoms with Crippen LogP contribution in [-0.4, -0.2) is 211 Å². The maximum atomic E-state index is 6.28. The Morgan fingerprint density at radius 2 is 0.921 bits per heavy atom. The van der Waals surface area contributed by atoms with Crippen LogP contribution < -0.4 is 10.6 Å². The van der Waals surface area contributed by atoms with Gasteiger partial charge in [-0.25, -0.2) is 9.97 Å². The van der Waals surface area contributed by atoms with Crippen molar-refractivity contribution in [2.75, 3.05) is 202 Å². The molecule has 63 heavy (non-hydrogen) atoms. The predicted molar refractivity (Wildman–Crippen MR) is 243 cm³/mol. The average molecular weight is 895 g/mol. The van der Waals surface area contributed by atoms with Gasteiger partial charge in [0.25, 0.3) is 0 Å². The molecule has 3 N–H and O–H groups in total. The van der Waals surface area contributed by atoms with Crippen LogP contribution >= 0.6 is 0 Å². The molecule has 3 heterocycles. The Kier molecular flexibility index (Phi) is 29.7. The molecule has 1 aliphatic rings. The molecule has 1 fully saturated rings. The van der Waals surface area contributed by atoms with Crippen LogP contribution in [0.5, 0.6) is 0 Å². The number of hydrogen-bond donors (Lipinski definition) is 2. The molecule has 1 aliphatic heterocycles. The maximum Gasteiger partial charge on any atom is 0.150 e. The number of nitrogens with zero attached hydrogens (tertiary/aromatic N) is 4. The highest BCUT2D eigenvalue weighted by Gasteiger charge is 2.19. The van der Waals surface area contributed by atoms with E-state index in [2.05, 4.69) is 51.8 Å². The van der Waals surface area contributed by atoms with Crippen molar-refractivity contribution in [1.29, 1.82) is 0 Å². The first-order valence-corrected chi connectivity index (χ1v) is 23.2. The van der Waals surface area contributed by atoms with Gasteiger partial charge in [0.2, 0.25) is 0 Å². The van der Waals surface area contributed by atoms with Crippen LogP contribution in [-0.2, 0) is 63.3 Å². The normalized spacial score (nSPS) is 13.7. The van der Waals surface area contributed by atoms with E-state index in [9.17, 15) is 0 Å². The number of aromatic amines is 1. The SMILES string of the molecule is CCCCc1nc2c([nH]1)c(N)nc1ccc(N3CCN(CCOCCOCCOCCOCCOCCOCCOCCOCCOCCOCCOCCOCCC)CC3)cc12. The second-order valence-electron chi connectivity index (χ2n) is 14.9. The van der Waals surface area contributed by atoms with Crippen LogP contribution in [0.15, 0.2) is 18.2 Å². The van der Waals surface area contributed by atoms with Gasteiger partial charge in [0.05, 0.1) is 157 Å². The van der Waals surface area contributed by atoms with Crippen LogP contribution in [0.1, 0.15) is 38.9 Å². The third kappa shape index (κ3) is 23.3. The zero-order valence-electron chi connectivity index (χ0n) is 38.3. The number of fused-ring (bicyclic) bond motifs is 3. The average Bonchev–Trinajstić information content (AvgIpc) is 3.75. The number of ether oxygens (including phenoxy) is 12. The van der Waals surface area contributed by atoms with Crippen LogP contribution in [0.4, 0.5) is 11.5 Å². The summed E-state index contributed by atoms with van der Waals surface area (Å²) in [6.45, 7) is 22.2. The topological polar surface area (TPSA) is 185 Å². The van der Waals surface area contributed by atoms with E-state index in [-0.39, 0.29) is 0 Å². The molecular formula is C45H78N6O12. The Hall–Kier alpha value is -2.82. The number of nitrogens with two attached hydrogens (primary N) is 1. The lowest BCUT2D eigenvalue weighted by molar-refractivity contribution is -0.0284. The number of benzene rings is 1. The zero-order chi connectivity index (χ0) is 44.3. The summed E-state index contributed by atoms with van der Waals surface area (Å²) in [6.07, 6.45) is 4.15. The van der Waals surface area contributed by atoms with E-state index in [4.69, 9.17) is 67.6 Å². The number of nitrogen functional groups attached to an aromatic ring is 1. The summed E-state index contributed by atoms with van der Waals surface area (Å²) < 4.78 is 66.4. The fraction of sp³-hybridized carbons (Fsp3) is 0.778. The molecule has 0 saturated carbocycles. The Labute approximate surface area is 374 Å². The number of pyridine rings is 1. The van der Waals surface area contributed by atoms with Gasteiger partial charge in [-0.2, -0.15) is 0 Å². The molecule has 0 bridgehead atoms. The molecule has 4 rings (SSSR count). The fourth-order valence-electron chi connectivity index (χ4n) is 6.55. The van der Waals surface area contributed by atoms with Gasteiger partial charge in [-0.1, -0.05) is 20.3 Å². The van der Waals surface area contributed by atoms with Crippen molar-refractivity contribution in [2.45, 2.75) is 39.5 Å². The molecule has 1 saturated heterocycles. The Balaban J connectivity index is 0.824. The van der Waals surface area contributed by atoms with Gasteiger partial charge < -0.3 is 72.5 Å². The molecule has 0 aliphatic carbocycles. The monoisotopic (exact) mass is 895 g/mol. The fourth-order valence-corrected chi connectivity index (χ4v) is 6.55. The van der Waals surface area contributed by atoms with Gasteiger partial charge >= 0.3 is 0 Å². The maximum absolute atomic E-state index is 6.28. The smallest absolute Gasteiger partial charge is 0.150 e.